The number of nitrogens with zero attached hydrogens (tertiary/aromatic N) is 1. The number of carbonyl (C=O) groups excluding carboxylic acids is 2. The third-order valence-corrected chi connectivity index (χ3v) is 5.77. The van der Waals surface area contributed by atoms with Gasteiger partial charge in [0.1, 0.15) is 11.5 Å². The maximum absolute atomic E-state index is 13.1. The van der Waals surface area contributed by atoms with Crippen LogP contribution in [0.3, 0.4) is 0 Å². The molecule has 5 nitrogen and oxygen atoms in total. The lowest BCUT2D eigenvalue weighted by Crippen LogP contribution is -2.30. The van der Waals surface area contributed by atoms with Crippen LogP contribution in [0, 0.1) is 20.8 Å². The van der Waals surface area contributed by atoms with Crippen LogP contribution in [0.4, 0.5) is 0 Å². The number of Topliss-reactive ketones (excluding diaryl/α,β-unsaturated/α-hetero) is 1. The zero-order valence-electron chi connectivity index (χ0n) is 18.3. The van der Waals surface area contributed by atoms with Crippen LogP contribution in [0.25, 0.3) is 5.76 Å². The maximum atomic E-state index is 13.1. The number of aryl methyl sites for hydroxylation is 3. The van der Waals surface area contributed by atoms with Crippen LogP contribution in [0.2, 0.25) is 0 Å². The van der Waals surface area contributed by atoms with Crippen molar-refractivity contribution in [2.75, 3.05) is 13.7 Å². The van der Waals surface area contributed by atoms with E-state index in [4.69, 9.17) is 4.74 Å². The fourth-order valence-electron chi connectivity index (χ4n) is 4.07. The highest BCUT2D eigenvalue weighted by Gasteiger charge is 2.46. The minimum atomic E-state index is -0.635. The summed E-state index contributed by atoms with van der Waals surface area (Å²) in [6.45, 7) is 8.21. The Morgan fingerprint density at radius 1 is 1.07 bits per heavy atom. The van der Waals surface area contributed by atoms with Gasteiger partial charge in [0.2, 0.25) is 0 Å². The number of aliphatic hydroxyl groups is 1. The molecule has 0 saturated carbocycles. The summed E-state index contributed by atoms with van der Waals surface area (Å²) in [7, 11) is 1.60. The summed E-state index contributed by atoms with van der Waals surface area (Å²) in [6.07, 6.45) is 1.69. The summed E-state index contributed by atoms with van der Waals surface area (Å²) in [5.74, 6) is -0.613. The first-order valence-electron chi connectivity index (χ1n) is 10.3. The predicted molar refractivity (Wildman–Crippen MR) is 118 cm³/mol. The molecule has 5 heteroatoms. The molecule has 0 spiro atoms. The minimum Gasteiger partial charge on any atom is -0.507 e. The number of hydrogen-bond acceptors (Lipinski definition) is 4. The second kappa shape index (κ2) is 8.74. The number of rotatable bonds is 6. The summed E-state index contributed by atoms with van der Waals surface area (Å²) < 4.78 is 5.36. The first-order valence-corrected chi connectivity index (χ1v) is 10.3. The van der Waals surface area contributed by atoms with Crippen LogP contribution >= 0.6 is 0 Å². The highest BCUT2D eigenvalue weighted by Crippen LogP contribution is 2.41. The summed E-state index contributed by atoms with van der Waals surface area (Å²) in [5.41, 5.74) is 4.14. The average Bonchev–Trinajstić information content (AvgIpc) is 2.98. The quantitative estimate of drug-likeness (QED) is 0.423. The van der Waals surface area contributed by atoms with E-state index in [-0.39, 0.29) is 11.3 Å². The second-order valence-electron chi connectivity index (χ2n) is 7.84. The molecule has 1 N–H and O–H groups in total. The Bertz CT molecular complexity index is 1020. The zero-order chi connectivity index (χ0) is 22.0. The van der Waals surface area contributed by atoms with Crippen LogP contribution in [-0.2, 0) is 9.59 Å². The third kappa shape index (κ3) is 3.72. The number of likely N-dealkylation sites (tertiary alicyclic amines) is 1. The van der Waals surface area contributed by atoms with Gasteiger partial charge in [0.15, 0.2) is 0 Å². The molecule has 3 rings (SSSR count). The first-order chi connectivity index (χ1) is 14.3. The van der Waals surface area contributed by atoms with Gasteiger partial charge in [0.25, 0.3) is 11.7 Å². The summed E-state index contributed by atoms with van der Waals surface area (Å²) in [6, 6.07) is 10.7. The molecule has 2 aromatic rings. The van der Waals surface area contributed by atoms with Gasteiger partial charge in [-0.1, -0.05) is 37.6 Å². The predicted octanol–water partition coefficient (Wildman–Crippen LogP) is 4.84. The van der Waals surface area contributed by atoms with E-state index in [1.807, 2.05) is 58.0 Å². The molecule has 0 aliphatic carbocycles. The molecule has 2 aromatic carbocycles. The molecule has 0 radical (unpaired) electrons. The molecule has 1 amide bonds. The van der Waals surface area contributed by atoms with Crippen molar-refractivity contribution in [2.45, 2.75) is 46.6 Å². The van der Waals surface area contributed by atoms with Gasteiger partial charge in [-0.3, -0.25) is 9.59 Å². The van der Waals surface area contributed by atoms with Gasteiger partial charge < -0.3 is 14.7 Å². The first kappa shape index (κ1) is 21.6. The van der Waals surface area contributed by atoms with E-state index in [9.17, 15) is 14.7 Å². The summed E-state index contributed by atoms with van der Waals surface area (Å²) >= 11 is 0. The fraction of sp³-hybridized carbons (Fsp3) is 0.360. The van der Waals surface area contributed by atoms with E-state index in [2.05, 4.69) is 0 Å². The van der Waals surface area contributed by atoms with E-state index in [0.29, 0.717) is 17.9 Å². The molecular formula is C25H29NO4. The van der Waals surface area contributed by atoms with Crippen molar-refractivity contribution in [1.82, 2.24) is 4.90 Å². The molecule has 0 aromatic heterocycles. The van der Waals surface area contributed by atoms with E-state index >= 15 is 0 Å². The van der Waals surface area contributed by atoms with Gasteiger partial charge in [-0.05, 0) is 61.6 Å². The number of ketones is 1. The minimum absolute atomic E-state index is 0.135. The van der Waals surface area contributed by atoms with Crippen molar-refractivity contribution >= 4 is 17.4 Å². The molecule has 1 unspecified atom stereocenters. The standard InChI is InChI=1S/C25H29NO4/c1-6-7-12-26-22(18-11-9-8-10-15(18)2)21(24(28)25(26)29)23(27)19-13-17(4)20(30-5)14-16(19)3/h8-11,13-14,22,27H,6-7,12H2,1-5H3/b23-21+. The molecule has 1 fully saturated rings. The molecule has 30 heavy (non-hydrogen) atoms. The van der Waals surface area contributed by atoms with Crippen LogP contribution in [0.5, 0.6) is 5.75 Å². The third-order valence-electron chi connectivity index (χ3n) is 5.77. The fourth-order valence-corrected chi connectivity index (χ4v) is 4.07. The average molecular weight is 408 g/mol. The van der Waals surface area contributed by atoms with Crippen molar-refractivity contribution in [2.24, 2.45) is 0 Å². The number of methoxy groups -OCH3 is 1. The van der Waals surface area contributed by atoms with Crippen LogP contribution in [0.1, 0.15) is 53.6 Å². The number of benzene rings is 2. The molecule has 158 valence electrons. The number of carbonyl (C=O) groups is 2. The Hall–Kier alpha value is -3.08. The van der Waals surface area contributed by atoms with Crippen molar-refractivity contribution in [1.29, 1.82) is 0 Å². The van der Waals surface area contributed by atoms with Crippen molar-refractivity contribution < 1.29 is 19.4 Å². The van der Waals surface area contributed by atoms with Crippen LogP contribution < -0.4 is 4.74 Å². The Morgan fingerprint density at radius 2 is 1.77 bits per heavy atom. The number of hydrogen-bond donors (Lipinski definition) is 1. The number of aliphatic hydroxyl groups excluding tert-OH is 1. The van der Waals surface area contributed by atoms with Crippen molar-refractivity contribution in [3.8, 4) is 5.75 Å². The lowest BCUT2D eigenvalue weighted by Gasteiger charge is -2.26. The zero-order valence-corrected chi connectivity index (χ0v) is 18.3. The monoisotopic (exact) mass is 407 g/mol. The Morgan fingerprint density at radius 3 is 2.40 bits per heavy atom. The highest BCUT2D eigenvalue weighted by molar-refractivity contribution is 6.46. The van der Waals surface area contributed by atoms with Crippen molar-refractivity contribution in [3.05, 3.63) is 69.8 Å². The second-order valence-corrected chi connectivity index (χ2v) is 7.84. The van der Waals surface area contributed by atoms with Crippen molar-refractivity contribution in [3.63, 3.8) is 0 Å². The van der Waals surface area contributed by atoms with Gasteiger partial charge in [-0.25, -0.2) is 0 Å². The largest absolute Gasteiger partial charge is 0.507 e. The Labute approximate surface area is 178 Å². The van der Waals surface area contributed by atoms with Gasteiger partial charge in [-0.15, -0.1) is 0 Å². The summed E-state index contributed by atoms with van der Waals surface area (Å²) in [4.78, 5) is 27.6. The SMILES string of the molecule is CCCCN1C(=O)C(=O)/C(=C(/O)c2cc(C)c(OC)cc2C)C1c1ccccc1C. The molecule has 1 heterocycles. The molecule has 1 aliphatic heterocycles. The van der Waals surface area contributed by atoms with Gasteiger partial charge in [-0.2, -0.15) is 0 Å². The number of unbranched alkanes of at least 4 members (excludes halogenated alkanes) is 1. The van der Waals surface area contributed by atoms with Gasteiger partial charge in [0, 0.05) is 12.1 Å². The van der Waals surface area contributed by atoms with E-state index in [1.54, 1.807) is 18.1 Å². The maximum Gasteiger partial charge on any atom is 0.295 e. The number of ether oxygens (including phenoxy) is 1. The molecule has 0 bridgehead atoms. The van der Waals surface area contributed by atoms with E-state index in [0.717, 1.165) is 35.1 Å². The molecular weight excluding hydrogens is 378 g/mol. The Balaban J connectivity index is 2.24. The lowest BCUT2D eigenvalue weighted by molar-refractivity contribution is -0.139. The smallest absolute Gasteiger partial charge is 0.295 e. The summed E-state index contributed by atoms with van der Waals surface area (Å²) in [5, 5.41) is 11.3. The normalized spacial score (nSPS) is 18.2. The van der Waals surface area contributed by atoms with Crippen LogP contribution in [-0.4, -0.2) is 35.4 Å². The topological polar surface area (TPSA) is 66.8 Å². The van der Waals surface area contributed by atoms with Crippen LogP contribution in [0.15, 0.2) is 42.0 Å². The molecule has 1 atom stereocenters. The highest BCUT2D eigenvalue weighted by atomic mass is 16.5. The van der Waals surface area contributed by atoms with Gasteiger partial charge in [0.05, 0.1) is 18.7 Å². The molecule has 1 aliphatic rings. The Kier molecular flexibility index (Phi) is 6.30. The van der Waals surface area contributed by atoms with Gasteiger partial charge >= 0.3 is 0 Å². The molecule has 1 saturated heterocycles. The number of amides is 1. The van der Waals surface area contributed by atoms with E-state index in [1.165, 1.54) is 0 Å². The lowest BCUT2D eigenvalue weighted by atomic mass is 9.91. The van der Waals surface area contributed by atoms with E-state index < -0.39 is 17.7 Å².